The van der Waals surface area contributed by atoms with E-state index >= 15 is 0 Å². The molecule has 0 bridgehead atoms. The lowest BCUT2D eigenvalue weighted by Crippen LogP contribution is -2.17. The highest BCUT2D eigenvalue weighted by Gasteiger charge is 2.23. The van der Waals surface area contributed by atoms with Crippen molar-refractivity contribution in [2.24, 2.45) is 7.05 Å². The molecule has 1 aromatic carbocycles. The monoisotopic (exact) mass is 273 g/mol. The van der Waals surface area contributed by atoms with Crippen LogP contribution >= 0.6 is 0 Å². The van der Waals surface area contributed by atoms with Gasteiger partial charge < -0.3 is 15.2 Å². The van der Waals surface area contributed by atoms with Crippen LogP contribution in [-0.4, -0.2) is 22.0 Å². The molecule has 0 radical (unpaired) electrons. The van der Waals surface area contributed by atoms with Crippen LogP contribution in [-0.2, 0) is 13.5 Å². The highest BCUT2D eigenvalue weighted by Crippen LogP contribution is 2.34. The first-order valence-electron chi connectivity index (χ1n) is 6.83. The molecule has 1 aromatic heterocycles. The summed E-state index contributed by atoms with van der Waals surface area (Å²) in [6.45, 7) is 0. The average molecular weight is 273 g/mol. The maximum absolute atomic E-state index is 9.84. The molecule has 0 saturated carbocycles. The zero-order valence-electron chi connectivity index (χ0n) is 11.8. The first-order chi connectivity index (χ1) is 9.69. The molecule has 0 amide bonds. The summed E-state index contributed by atoms with van der Waals surface area (Å²) in [4.78, 5) is 0. The number of anilines is 1. The van der Waals surface area contributed by atoms with Gasteiger partial charge in [-0.15, -0.1) is 0 Å². The number of phenolic OH excluding ortho intramolecular Hbond substituents is 1. The lowest BCUT2D eigenvalue weighted by Gasteiger charge is -2.25. The molecule has 0 aliphatic heterocycles. The second kappa shape index (κ2) is 5.07. The normalized spacial score (nSPS) is 17.6. The minimum absolute atomic E-state index is 0.153. The SMILES string of the molecule is COc1ccc(NC2CCCc3c2cnn3C)cc1O. The zero-order chi connectivity index (χ0) is 14.1. The summed E-state index contributed by atoms with van der Waals surface area (Å²) >= 11 is 0. The number of phenols is 1. The third-order valence-electron chi connectivity index (χ3n) is 3.90. The van der Waals surface area contributed by atoms with Crippen LogP contribution in [0.15, 0.2) is 24.4 Å². The van der Waals surface area contributed by atoms with Crippen molar-refractivity contribution in [3.05, 3.63) is 35.7 Å². The van der Waals surface area contributed by atoms with Crippen molar-refractivity contribution in [1.82, 2.24) is 9.78 Å². The molecule has 5 heteroatoms. The summed E-state index contributed by atoms with van der Waals surface area (Å²) in [6, 6.07) is 5.64. The van der Waals surface area contributed by atoms with E-state index in [9.17, 15) is 5.11 Å². The Balaban J connectivity index is 1.84. The molecular weight excluding hydrogens is 254 g/mol. The summed E-state index contributed by atoms with van der Waals surface area (Å²) in [6.07, 6.45) is 5.24. The molecule has 1 aliphatic rings. The van der Waals surface area contributed by atoms with E-state index in [1.165, 1.54) is 11.3 Å². The van der Waals surface area contributed by atoms with Gasteiger partial charge in [-0.1, -0.05) is 0 Å². The van der Waals surface area contributed by atoms with E-state index in [0.29, 0.717) is 5.75 Å². The van der Waals surface area contributed by atoms with Crippen LogP contribution in [0.1, 0.15) is 30.1 Å². The molecule has 20 heavy (non-hydrogen) atoms. The predicted octanol–water partition coefficient (Wildman–Crippen LogP) is 2.62. The fourth-order valence-electron chi connectivity index (χ4n) is 2.84. The average Bonchev–Trinajstić information content (AvgIpc) is 2.82. The predicted molar refractivity (Wildman–Crippen MR) is 77.2 cm³/mol. The van der Waals surface area contributed by atoms with Gasteiger partial charge in [-0.05, 0) is 31.4 Å². The zero-order valence-corrected chi connectivity index (χ0v) is 11.8. The van der Waals surface area contributed by atoms with Crippen molar-refractivity contribution in [2.75, 3.05) is 12.4 Å². The Morgan fingerprint density at radius 1 is 1.45 bits per heavy atom. The number of nitrogens with zero attached hydrogens (tertiary/aromatic N) is 2. The van der Waals surface area contributed by atoms with Gasteiger partial charge in [0.15, 0.2) is 11.5 Å². The van der Waals surface area contributed by atoms with Gasteiger partial charge in [0.2, 0.25) is 0 Å². The first kappa shape index (κ1) is 12.8. The van der Waals surface area contributed by atoms with E-state index in [2.05, 4.69) is 10.4 Å². The quantitative estimate of drug-likeness (QED) is 0.902. The Labute approximate surface area is 118 Å². The third-order valence-corrected chi connectivity index (χ3v) is 3.90. The van der Waals surface area contributed by atoms with Crippen molar-refractivity contribution < 1.29 is 9.84 Å². The molecular formula is C15H19N3O2. The van der Waals surface area contributed by atoms with Gasteiger partial charge in [0.1, 0.15) is 0 Å². The summed E-state index contributed by atoms with van der Waals surface area (Å²) in [5.41, 5.74) is 3.45. The van der Waals surface area contributed by atoms with Crippen LogP contribution in [0.2, 0.25) is 0 Å². The van der Waals surface area contributed by atoms with Gasteiger partial charge in [0, 0.05) is 30.1 Å². The summed E-state index contributed by atoms with van der Waals surface area (Å²) in [7, 11) is 3.53. The highest BCUT2D eigenvalue weighted by atomic mass is 16.5. The van der Waals surface area contributed by atoms with Gasteiger partial charge >= 0.3 is 0 Å². The molecule has 1 heterocycles. The minimum atomic E-state index is 0.153. The number of nitrogens with one attached hydrogen (secondary N) is 1. The number of methoxy groups -OCH3 is 1. The molecule has 1 aliphatic carbocycles. The maximum atomic E-state index is 9.84. The second-order valence-electron chi connectivity index (χ2n) is 5.15. The number of aromatic nitrogens is 2. The standard InChI is InChI=1S/C15H19N3O2/c1-18-13-5-3-4-12(11(13)9-16-18)17-10-6-7-15(20-2)14(19)8-10/h6-9,12,17,19H,3-5H2,1-2H3. The molecule has 0 spiro atoms. The van der Waals surface area contributed by atoms with E-state index in [4.69, 9.17) is 4.74 Å². The van der Waals surface area contributed by atoms with Crippen LogP contribution < -0.4 is 10.1 Å². The summed E-state index contributed by atoms with van der Waals surface area (Å²) in [5.74, 6) is 0.640. The molecule has 0 saturated heterocycles. The molecule has 1 unspecified atom stereocenters. The lowest BCUT2D eigenvalue weighted by molar-refractivity contribution is 0.373. The van der Waals surface area contributed by atoms with Crippen LogP contribution in [0.5, 0.6) is 11.5 Å². The molecule has 3 rings (SSSR count). The number of hydrogen-bond donors (Lipinski definition) is 2. The summed E-state index contributed by atoms with van der Waals surface area (Å²) in [5, 5.41) is 17.7. The topological polar surface area (TPSA) is 59.3 Å². The van der Waals surface area contributed by atoms with Crippen molar-refractivity contribution in [3.8, 4) is 11.5 Å². The first-order valence-corrected chi connectivity index (χ1v) is 6.83. The molecule has 2 aromatic rings. The number of ether oxygens (including phenoxy) is 1. The molecule has 2 N–H and O–H groups in total. The van der Waals surface area contributed by atoms with Gasteiger partial charge in [-0.25, -0.2) is 0 Å². The number of aromatic hydroxyl groups is 1. The Kier molecular flexibility index (Phi) is 3.26. The van der Waals surface area contributed by atoms with Crippen LogP contribution in [0.4, 0.5) is 5.69 Å². The number of hydrogen-bond acceptors (Lipinski definition) is 4. The van der Waals surface area contributed by atoms with Crippen molar-refractivity contribution in [1.29, 1.82) is 0 Å². The molecule has 5 nitrogen and oxygen atoms in total. The largest absolute Gasteiger partial charge is 0.504 e. The van der Waals surface area contributed by atoms with E-state index in [1.54, 1.807) is 19.2 Å². The lowest BCUT2D eigenvalue weighted by atomic mass is 9.93. The number of aryl methyl sites for hydroxylation is 1. The van der Waals surface area contributed by atoms with Crippen LogP contribution in [0.25, 0.3) is 0 Å². The maximum Gasteiger partial charge on any atom is 0.160 e. The van der Waals surface area contributed by atoms with Crippen LogP contribution in [0.3, 0.4) is 0 Å². The van der Waals surface area contributed by atoms with E-state index in [0.717, 1.165) is 24.9 Å². The number of benzene rings is 1. The third kappa shape index (κ3) is 2.19. The highest BCUT2D eigenvalue weighted by molar-refractivity contribution is 5.55. The second-order valence-corrected chi connectivity index (χ2v) is 5.15. The van der Waals surface area contributed by atoms with Gasteiger partial charge in [-0.2, -0.15) is 5.10 Å². The van der Waals surface area contributed by atoms with E-state index < -0.39 is 0 Å². The Bertz CT molecular complexity index is 622. The fraction of sp³-hybridized carbons (Fsp3) is 0.400. The van der Waals surface area contributed by atoms with Crippen molar-refractivity contribution in [2.45, 2.75) is 25.3 Å². The van der Waals surface area contributed by atoms with E-state index in [-0.39, 0.29) is 11.8 Å². The van der Waals surface area contributed by atoms with Gasteiger partial charge in [-0.3, -0.25) is 4.68 Å². The van der Waals surface area contributed by atoms with Crippen LogP contribution in [0, 0.1) is 0 Å². The number of fused-ring (bicyclic) bond motifs is 1. The summed E-state index contributed by atoms with van der Waals surface area (Å²) < 4.78 is 7.01. The fourth-order valence-corrected chi connectivity index (χ4v) is 2.84. The molecule has 106 valence electrons. The molecule has 1 atom stereocenters. The van der Waals surface area contributed by atoms with Gasteiger partial charge in [0.25, 0.3) is 0 Å². The Morgan fingerprint density at radius 3 is 3.05 bits per heavy atom. The Morgan fingerprint density at radius 2 is 2.30 bits per heavy atom. The Hall–Kier alpha value is -2.17. The van der Waals surface area contributed by atoms with E-state index in [1.807, 2.05) is 24.0 Å². The van der Waals surface area contributed by atoms with Crippen molar-refractivity contribution in [3.63, 3.8) is 0 Å². The van der Waals surface area contributed by atoms with Gasteiger partial charge in [0.05, 0.1) is 19.3 Å². The minimum Gasteiger partial charge on any atom is -0.504 e. The molecule has 0 fully saturated rings. The number of rotatable bonds is 3. The van der Waals surface area contributed by atoms with Crippen molar-refractivity contribution >= 4 is 5.69 Å². The smallest absolute Gasteiger partial charge is 0.160 e.